The van der Waals surface area contributed by atoms with E-state index in [1.807, 2.05) is 12.1 Å². The largest absolute Gasteiger partial charge is 0.355 e. The number of aromatic nitrogens is 4. The van der Waals surface area contributed by atoms with E-state index in [0.29, 0.717) is 49.0 Å². The molecule has 0 radical (unpaired) electrons. The first kappa shape index (κ1) is 19.8. The summed E-state index contributed by atoms with van der Waals surface area (Å²) >= 11 is 6.36. The number of fused-ring (bicyclic) bond motifs is 1. The Morgan fingerprint density at radius 3 is 2.79 bits per heavy atom. The molecule has 2 aromatic heterocycles. The number of anilines is 2. The Labute approximate surface area is 174 Å². The highest BCUT2D eigenvalue weighted by molar-refractivity contribution is 7.99. The molecule has 3 aromatic rings. The number of carbonyl (C=O) groups is 1. The fourth-order valence-electron chi connectivity index (χ4n) is 3.31. The van der Waals surface area contributed by atoms with Crippen molar-refractivity contribution in [3.63, 3.8) is 0 Å². The smallest absolute Gasteiger partial charge is 0.289 e. The molecular formula is C18H17ClF2N6OS. The number of alkyl halides is 2. The van der Waals surface area contributed by atoms with Gasteiger partial charge in [-0.05, 0) is 37.1 Å². The van der Waals surface area contributed by atoms with Gasteiger partial charge in [0.2, 0.25) is 5.91 Å². The predicted octanol–water partition coefficient (Wildman–Crippen LogP) is 3.95. The molecule has 1 saturated heterocycles. The van der Waals surface area contributed by atoms with Crippen molar-refractivity contribution in [3.05, 3.63) is 41.7 Å². The van der Waals surface area contributed by atoms with E-state index in [-0.39, 0.29) is 21.7 Å². The molecule has 7 nitrogen and oxygen atoms in total. The standard InChI is InChI=1S/C18H17ClF2N6OS/c19-12-2-1-3-13(16(12)29-18(20)21)23-17(28)11-6-8-26(9-7-11)15-5-4-14-24-22-10-27(14)25-15/h1-5,10-11,18H,6-9H2,(H,23,28). The van der Waals surface area contributed by atoms with Crippen LogP contribution in [0.2, 0.25) is 5.02 Å². The number of amides is 1. The number of piperidine rings is 1. The third kappa shape index (κ3) is 4.43. The van der Waals surface area contributed by atoms with Crippen molar-refractivity contribution in [3.8, 4) is 0 Å². The maximum absolute atomic E-state index is 12.8. The van der Waals surface area contributed by atoms with Crippen LogP contribution in [0.15, 0.2) is 41.6 Å². The van der Waals surface area contributed by atoms with Crippen LogP contribution in [-0.4, -0.2) is 44.6 Å². The van der Waals surface area contributed by atoms with Crippen molar-refractivity contribution in [2.24, 2.45) is 5.92 Å². The molecule has 0 aliphatic carbocycles. The summed E-state index contributed by atoms with van der Waals surface area (Å²) < 4.78 is 27.3. The van der Waals surface area contributed by atoms with Gasteiger partial charge in [0.15, 0.2) is 5.65 Å². The van der Waals surface area contributed by atoms with E-state index in [1.54, 1.807) is 23.0 Å². The van der Waals surface area contributed by atoms with Gasteiger partial charge >= 0.3 is 0 Å². The van der Waals surface area contributed by atoms with Gasteiger partial charge < -0.3 is 10.2 Å². The first-order chi connectivity index (χ1) is 14.0. The molecule has 1 aromatic carbocycles. The molecule has 29 heavy (non-hydrogen) atoms. The van der Waals surface area contributed by atoms with Crippen molar-refractivity contribution >= 4 is 46.4 Å². The monoisotopic (exact) mass is 438 g/mol. The maximum Gasteiger partial charge on any atom is 0.289 e. The zero-order chi connectivity index (χ0) is 20.4. The second kappa shape index (κ2) is 8.50. The van der Waals surface area contributed by atoms with Gasteiger partial charge in [0, 0.05) is 19.0 Å². The van der Waals surface area contributed by atoms with Crippen LogP contribution in [0.3, 0.4) is 0 Å². The van der Waals surface area contributed by atoms with Gasteiger partial charge in [-0.15, -0.1) is 15.3 Å². The Bertz CT molecular complexity index is 1020. The zero-order valence-electron chi connectivity index (χ0n) is 15.1. The van der Waals surface area contributed by atoms with Crippen LogP contribution in [0, 0.1) is 5.92 Å². The number of hydrogen-bond acceptors (Lipinski definition) is 6. The Balaban J connectivity index is 1.40. The molecule has 11 heteroatoms. The molecule has 0 bridgehead atoms. The lowest BCUT2D eigenvalue weighted by Crippen LogP contribution is -2.38. The van der Waals surface area contributed by atoms with Crippen LogP contribution in [0.25, 0.3) is 5.65 Å². The predicted molar refractivity (Wildman–Crippen MR) is 108 cm³/mol. The van der Waals surface area contributed by atoms with Crippen LogP contribution in [0.4, 0.5) is 20.3 Å². The highest BCUT2D eigenvalue weighted by Crippen LogP contribution is 2.38. The van der Waals surface area contributed by atoms with E-state index in [1.165, 1.54) is 6.07 Å². The number of rotatable bonds is 5. The number of halogens is 3. The van der Waals surface area contributed by atoms with Crippen LogP contribution < -0.4 is 10.2 Å². The van der Waals surface area contributed by atoms with Gasteiger partial charge in [0.25, 0.3) is 5.76 Å². The molecule has 1 N–H and O–H groups in total. The average molecular weight is 439 g/mol. The summed E-state index contributed by atoms with van der Waals surface area (Å²) in [7, 11) is 0. The van der Waals surface area contributed by atoms with E-state index in [0.717, 1.165) is 5.82 Å². The number of nitrogens with one attached hydrogen (secondary N) is 1. The van der Waals surface area contributed by atoms with Gasteiger partial charge in [0.1, 0.15) is 12.1 Å². The minimum Gasteiger partial charge on any atom is -0.355 e. The topological polar surface area (TPSA) is 75.4 Å². The van der Waals surface area contributed by atoms with Crippen LogP contribution in [0.1, 0.15) is 12.8 Å². The first-order valence-corrected chi connectivity index (χ1v) is 10.2. The van der Waals surface area contributed by atoms with E-state index < -0.39 is 5.76 Å². The second-order valence-electron chi connectivity index (χ2n) is 6.57. The summed E-state index contributed by atoms with van der Waals surface area (Å²) in [5, 5.41) is 15.2. The van der Waals surface area contributed by atoms with Crippen molar-refractivity contribution < 1.29 is 13.6 Å². The van der Waals surface area contributed by atoms with Crippen LogP contribution in [0.5, 0.6) is 0 Å². The number of carbonyl (C=O) groups excluding carboxylic acids is 1. The Morgan fingerprint density at radius 2 is 2.03 bits per heavy atom. The van der Waals surface area contributed by atoms with Crippen molar-refractivity contribution in [2.75, 3.05) is 23.3 Å². The normalized spacial score (nSPS) is 15.2. The first-order valence-electron chi connectivity index (χ1n) is 8.97. The number of nitrogens with zero attached hydrogens (tertiary/aromatic N) is 5. The van der Waals surface area contributed by atoms with Gasteiger partial charge in [0.05, 0.1) is 15.6 Å². The van der Waals surface area contributed by atoms with Gasteiger partial charge in [-0.1, -0.05) is 29.4 Å². The quantitative estimate of drug-likeness (QED) is 0.608. The molecule has 3 heterocycles. The molecule has 1 aliphatic rings. The molecule has 0 unspecified atom stereocenters. The molecule has 0 atom stereocenters. The lowest BCUT2D eigenvalue weighted by Gasteiger charge is -2.32. The summed E-state index contributed by atoms with van der Waals surface area (Å²) in [6, 6.07) is 8.46. The summed E-state index contributed by atoms with van der Waals surface area (Å²) in [5.41, 5.74) is 0.983. The average Bonchev–Trinajstić information content (AvgIpc) is 3.18. The summed E-state index contributed by atoms with van der Waals surface area (Å²) in [6.45, 7) is 1.32. The van der Waals surface area contributed by atoms with Crippen molar-refractivity contribution in [1.29, 1.82) is 0 Å². The van der Waals surface area contributed by atoms with Gasteiger partial charge in [-0.25, -0.2) is 0 Å². The highest BCUT2D eigenvalue weighted by Gasteiger charge is 2.27. The maximum atomic E-state index is 12.8. The van der Waals surface area contributed by atoms with Gasteiger partial charge in [-0.2, -0.15) is 13.3 Å². The Kier molecular flexibility index (Phi) is 5.81. The van der Waals surface area contributed by atoms with Gasteiger partial charge in [-0.3, -0.25) is 4.79 Å². The van der Waals surface area contributed by atoms with E-state index in [2.05, 4.69) is 25.5 Å². The zero-order valence-corrected chi connectivity index (χ0v) is 16.7. The van der Waals surface area contributed by atoms with E-state index >= 15 is 0 Å². The number of thioether (sulfide) groups is 1. The number of benzene rings is 1. The van der Waals surface area contributed by atoms with Crippen molar-refractivity contribution in [1.82, 2.24) is 19.8 Å². The Hall–Kier alpha value is -2.46. The summed E-state index contributed by atoms with van der Waals surface area (Å²) in [5.74, 6) is -2.23. The fraction of sp³-hybridized carbons (Fsp3) is 0.333. The minimum atomic E-state index is -2.62. The molecule has 1 amide bonds. The third-order valence-corrected chi connectivity index (χ3v) is 6.05. The highest BCUT2D eigenvalue weighted by atomic mass is 35.5. The SMILES string of the molecule is O=C(Nc1cccc(Cl)c1SC(F)F)C1CCN(c2ccc3nncn3n2)CC1. The lowest BCUT2D eigenvalue weighted by molar-refractivity contribution is -0.120. The second-order valence-corrected chi connectivity index (χ2v) is 7.98. The van der Waals surface area contributed by atoms with E-state index in [9.17, 15) is 13.6 Å². The molecule has 0 spiro atoms. The molecule has 1 fully saturated rings. The molecule has 152 valence electrons. The summed E-state index contributed by atoms with van der Waals surface area (Å²) in [6.07, 6.45) is 2.80. The van der Waals surface area contributed by atoms with Crippen LogP contribution in [-0.2, 0) is 4.79 Å². The number of hydrogen-bond donors (Lipinski definition) is 1. The fourth-order valence-corrected chi connectivity index (χ4v) is 4.22. The van der Waals surface area contributed by atoms with Crippen molar-refractivity contribution in [2.45, 2.75) is 23.5 Å². The molecule has 4 rings (SSSR count). The molecule has 0 saturated carbocycles. The molecular weight excluding hydrogens is 422 g/mol. The lowest BCUT2D eigenvalue weighted by atomic mass is 9.96. The third-order valence-electron chi connectivity index (χ3n) is 4.77. The minimum absolute atomic E-state index is 0.182. The van der Waals surface area contributed by atoms with Crippen LogP contribution >= 0.6 is 23.4 Å². The summed E-state index contributed by atoms with van der Waals surface area (Å²) in [4.78, 5) is 15.0. The molecule has 1 aliphatic heterocycles. The Morgan fingerprint density at radius 1 is 1.24 bits per heavy atom. The van der Waals surface area contributed by atoms with E-state index in [4.69, 9.17) is 11.6 Å².